The maximum Gasteiger partial charge on any atom is 0.407 e. The van der Waals surface area contributed by atoms with E-state index in [-0.39, 0.29) is 24.3 Å². The fourth-order valence-electron chi connectivity index (χ4n) is 4.06. The van der Waals surface area contributed by atoms with Crippen LogP contribution < -0.4 is 10.2 Å². The molecule has 1 aliphatic heterocycles. The number of alkyl halides is 3. The molecule has 1 amide bonds. The smallest absolute Gasteiger partial charge is 0.407 e. The van der Waals surface area contributed by atoms with Crippen molar-refractivity contribution < 1.29 is 27.6 Å². The molecule has 0 aromatic carbocycles. The zero-order valence-corrected chi connectivity index (χ0v) is 17.1. The highest BCUT2D eigenvalue weighted by atomic mass is 19.4. The lowest BCUT2D eigenvalue weighted by Gasteiger charge is -2.40. The Hall–Kier alpha value is -2.59. The zero-order valence-electron chi connectivity index (χ0n) is 17.1. The maximum absolute atomic E-state index is 13.6. The van der Waals surface area contributed by atoms with Gasteiger partial charge in [-0.2, -0.15) is 13.2 Å². The molecule has 2 atom stereocenters. The van der Waals surface area contributed by atoms with Gasteiger partial charge in [-0.15, -0.1) is 0 Å². The summed E-state index contributed by atoms with van der Waals surface area (Å²) in [6.45, 7) is 4.57. The molecule has 2 aliphatic rings. The van der Waals surface area contributed by atoms with E-state index in [4.69, 9.17) is 4.74 Å². The SMILES string of the molecule is CC(C)(C)OC(=O)NC1C[C@@H](C(F)(F)F)CN(c2c([N+](=O)[O-])cnc3c2CCC3)C1. The lowest BCUT2D eigenvalue weighted by Crippen LogP contribution is -2.54. The number of nitrogens with zero attached hydrogens (tertiary/aromatic N) is 3. The first-order valence-corrected chi connectivity index (χ1v) is 9.81. The highest BCUT2D eigenvalue weighted by Crippen LogP contribution is 2.41. The summed E-state index contributed by atoms with van der Waals surface area (Å²) in [5.41, 5.74) is 0.387. The molecular weight excluding hydrogens is 405 g/mol. The molecular formula is C19H25F3N4O4. The second kappa shape index (κ2) is 7.92. The predicted molar refractivity (Wildman–Crippen MR) is 102 cm³/mol. The van der Waals surface area contributed by atoms with E-state index in [1.165, 1.54) is 4.90 Å². The second-order valence-electron chi connectivity index (χ2n) is 8.75. The van der Waals surface area contributed by atoms with E-state index in [0.717, 1.165) is 12.6 Å². The van der Waals surface area contributed by atoms with Gasteiger partial charge >= 0.3 is 18.0 Å². The number of halogens is 3. The molecule has 0 bridgehead atoms. The Bertz CT molecular complexity index is 838. The summed E-state index contributed by atoms with van der Waals surface area (Å²) in [7, 11) is 0. The number of rotatable bonds is 3. The van der Waals surface area contributed by atoms with Crippen LogP contribution in [0.2, 0.25) is 0 Å². The number of anilines is 1. The molecule has 1 unspecified atom stereocenters. The number of carbonyl (C=O) groups is 1. The van der Waals surface area contributed by atoms with Crippen molar-refractivity contribution in [2.45, 2.75) is 64.3 Å². The Morgan fingerprint density at radius 2 is 2.00 bits per heavy atom. The van der Waals surface area contributed by atoms with Crippen molar-refractivity contribution in [1.29, 1.82) is 0 Å². The molecule has 1 fully saturated rings. The van der Waals surface area contributed by atoms with Gasteiger partial charge in [-0.1, -0.05) is 0 Å². The van der Waals surface area contributed by atoms with E-state index in [1.54, 1.807) is 20.8 Å². The van der Waals surface area contributed by atoms with Gasteiger partial charge < -0.3 is 15.0 Å². The van der Waals surface area contributed by atoms with Crippen LogP contribution in [0.15, 0.2) is 6.20 Å². The minimum atomic E-state index is -4.50. The summed E-state index contributed by atoms with van der Waals surface area (Å²) in [5, 5.41) is 14.1. The molecule has 30 heavy (non-hydrogen) atoms. The zero-order chi connectivity index (χ0) is 22.3. The third kappa shape index (κ3) is 4.93. The number of alkyl carbamates (subject to hydrolysis) is 1. The Labute approximate surface area is 171 Å². The molecule has 166 valence electrons. The van der Waals surface area contributed by atoms with Crippen LogP contribution in [0.4, 0.5) is 29.3 Å². The fourth-order valence-corrected chi connectivity index (χ4v) is 4.06. The van der Waals surface area contributed by atoms with Gasteiger partial charge in [0.1, 0.15) is 17.5 Å². The Kier molecular flexibility index (Phi) is 5.83. The van der Waals surface area contributed by atoms with Crippen LogP contribution in [-0.4, -0.2) is 46.9 Å². The molecule has 8 nitrogen and oxygen atoms in total. The molecule has 1 aliphatic carbocycles. The lowest BCUT2D eigenvalue weighted by molar-refractivity contribution is -0.384. The number of piperidine rings is 1. The standard InChI is InChI=1S/C19H25F3N4O4/c1-18(2,3)30-17(27)24-12-7-11(19(20,21)22)9-25(10-12)16-13-5-4-6-14(13)23-8-15(16)26(28)29/h8,11-12H,4-7,9-10H2,1-3H3,(H,24,27)/t11-,12?/m1/s1. The van der Waals surface area contributed by atoms with Crippen molar-refractivity contribution in [3.05, 3.63) is 27.6 Å². The van der Waals surface area contributed by atoms with E-state index in [2.05, 4.69) is 10.3 Å². The van der Waals surface area contributed by atoms with Crippen molar-refractivity contribution in [1.82, 2.24) is 10.3 Å². The molecule has 0 spiro atoms. The summed E-state index contributed by atoms with van der Waals surface area (Å²) >= 11 is 0. The Morgan fingerprint density at radius 1 is 1.30 bits per heavy atom. The van der Waals surface area contributed by atoms with E-state index in [9.17, 15) is 28.1 Å². The number of ether oxygens (including phenoxy) is 1. The van der Waals surface area contributed by atoms with Crippen molar-refractivity contribution in [3.8, 4) is 0 Å². The quantitative estimate of drug-likeness (QED) is 0.579. The molecule has 2 heterocycles. The molecule has 3 rings (SSSR count). The first-order chi connectivity index (χ1) is 13.8. The van der Waals surface area contributed by atoms with Gasteiger partial charge in [-0.3, -0.25) is 15.1 Å². The van der Waals surface area contributed by atoms with Crippen LogP contribution in [0.1, 0.15) is 44.9 Å². The summed E-state index contributed by atoms with van der Waals surface area (Å²) in [6.07, 6.45) is -2.62. The number of pyridine rings is 1. The first kappa shape index (κ1) is 22.1. The molecule has 1 saturated heterocycles. The van der Waals surface area contributed by atoms with Crippen LogP contribution in [0.25, 0.3) is 0 Å². The molecule has 1 aromatic rings. The summed E-state index contributed by atoms with van der Waals surface area (Å²) in [5.74, 6) is -1.74. The van der Waals surface area contributed by atoms with Gasteiger partial charge in [0.25, 0.3) is 0 Å². The molecule has 1 N–H and O–H groups in total. The Morgan fingerprint density at radius 3 is 2.60 bits per heavy atom. The van der Waals surface area contributed by atoms with Gasteiger partial charge in [0.05, 0.1) is 16.9 Å². The van der Waals surface area contributed by atoms with Crippen LogP contribution in [-0.2, 0) is 17.6 Å². The average molecular weight is 430 g/mol. The van der Waals surface area contributed by atoms with E-state index >= 15 is 0 Å². The van der Waals surface area contributed by atoms with Crippen molar-refractivity contribution >= 4 is 17.5 Å². The highest BCUT2D eigenvalue weighted by Gasteiger charge is 2.46. The minimum absolute atomic E-state index is 0.0170. The number of nitrogens with one attached hydrogen (secondary N) is 1. The first-order valence-electron chi connectivity index (χ1n) is 9.81. The number of amides is 1. The maximum atomic E-state index is 13.6. The molecule has 0 saturated carbocycles. The number of fused-ring (bicyclic) bond motifs is 1. The monoisotopic (exact) mass is 430 g/mol. The number of hydrogen-bond acceptors (Lipinski definition) is 6. The minimum Gasteiger partial charge on any atom is -0.444 e. The average Bonchev–Trinajstić information content (AvgIpc) is 3.06. The highest BCUT2D eigenvalue weighted by molar-refractivity contribution is 5.71. The number of carbonyl (C=O) groups excluding carboxylic acids is 1. The van der Waals surface area contributed by atoms with Gasteiger partial charge in [0.15, 0.2) is 0 Å². The van der Waals surface area contributed by atoms with Gasteiger partial charge in [0.2, 0.25) is 0 Å². The molecule has 11 heteroatoms. The summed E-state index contributed by atoms with van der Waals surface area (Å²) in [6, 6.07) is -0.870. The van der Waals surface area contributed by atoms with Gasteiger partial charge in [-0.25, -0.2) is 4.79 Å². The number of nitro groups is 1. The van der Waals surface area contributed by atoms with E-state index in [1.807, 2.05) is 0 Å². The number of hydrogen-bond donors (Lipinski definition) is 1. The number of aryl methyl sites for hydroxylation is 1. The Balaban J connectivity index is 1.93. The third-order valence-corrected chi connectivity index (χ3v) is 5.21. The van der Waals surface area contributed by atoms with Crippen LogP contribution in [0, 0.1) is 16.0 Å². The topological polar surface area (TPSA) is 97.6 Å². The van der Waals surface area contributed by atoms with E-state index in [0.29, 0.717) is 24.1 Å². The summed E-state index contributed by atoms with van der Waals surface area (Å²) < 4.78 is 46.1. The molecule has 1 aromatic heterocycles. The van der Waals surface area contributed by atoms with Crippen LogP contribution >= 0.6 is 0 Å². The van der Waals surface area contributed by atoms with Crippen LogP contribution in [0.5, 0.6) is 0 Å². The number of aromatic nitrogens is 1. The second-order valence-corrected chi connectivity index (χ2v) is 8.75. The van der Waals surface area contributed by atoms with Gasteiger partial charge in [-0.05, 0) is 46.5 Å². The van der Waals surface area contributed by atoms with Crippen molar-refractivity contribution in [3.63, 3.8) is 0 Å². The largest absolute Gasteiger partial charge is 0.444 e. The van der Waals surface area contributed by atoms with Crippen molar-refractivity contribution in [2.75, 3.05) is 18.0 Å². The van der Waals surface area contributed by atoms with E-state index < -0.39 is 41.3 Å². The fraction of sp³-hybridized carbons (Fsp3) is 0.684. The molecule has 0 radical (unpaired) electrons. The lowest BCUT2D eigenvalue weighted by atomic mass is 9.92. The van der Waals surface area contributed by atoms with Crippen LogP contribution in [0.3, 0.4) is 0 Å². The normalized spacial score (nSPS) is 21.9. The van der Waals surface area contributed by atoms with Gasteiger partial charge in [0, 0.05) is 24.3 Å². The van der Waals surface area contributed by atoms with Crippen molar-refractivity contribution in [2.24, 2.45) is 5.92 Å². The third-order valence-electron chi connectivity index (χ3n) is 5.21. The summed E-state index contributed by atoms with van der Waals surface area (Å²) in [4.78, 5) is 28.6. The predicted octanol–water partition coefficient (Wildman–Crippen LogP) is 3.76.